The Morgan fingerprint density at radius 3 is 3.00 bits per heavy atom. The zero-order valence-electron chi connectivity index (χ0n) is 16.1. The third-order valence-electron chi connectivity index (χ3n) is 5.61. The largest absolute Gasteiger partial charge is 0.370 e. The molecule has 2 fully saturated rings. The summed E-state index contributed by atoms with van der Waals surface area (Å²) in [6.45, 7) is 10.2. The van der Waals surface area contributed by atoms with E-state index in [0.717, 1.165) is 55.9 Å². The van der Waals surface area contributed by atoms with Crippen molar-refractivity contribution in [1.29, 1.82) is 5.26 Å². The molecule has 0 spiro atoms. The van der Waals surface area contributed by atoms with Crippen LogP contribution in [0.4, 0.5) is 5.69 Å². The first-order valence-electron chi connectivity index (χ1n) is 9.78. The van der Waals surface area contributed by atoms with E-state index in [1.165, 1.54) is 0 Å². The van der Waals surface area contributed by atoms with Gasteiger partial charge in [-0.1, -0.05) is 0 Å². The van der Waals surface area contributed by atoms with Crippen molar-refractivity contribution in [2.75, 3.05) is 44.2 Å². The summed E-state index contributed by atoms with van der Waals surface area (Å²) in [7, 11) is 0. The zero-order valence-corrected chi connectivity index (χ0v) is 16.1. The average molecular weight is 365 g/mol. The minimum atomic E-state index is 0.171. The van der Waals surface area contributed by atoms with Gasteiger partial charge in [-0.2, -0.15) is 5.26 Å². The van der Waals surface area contributed by atoms with Gasteiger partial charge in [0, 0.05) is 62.6 Å². The number of nitriles is 1. The Bertz CT molecular complexity index is 848. The van der Waals surface area contributed by atoms with E-state index < -0.39 is 0 Å². The van der Waals surface area contributed by atoms with Gasteiger partial charge in [0.05, 0.1) is 23.3 Å². The van der Waals surface area contributed by atoms with Crippen molar-refractivity contribution in [2.24, 2.45) is 0 Å². The normalized spacial score (nSPS) is 26.9. The molecule has 2 saturated heterocycles. The van der Waals surface area contributed by atoms with Crippen molar-refractivity contribution in [2.45, 2.75) is 32.1 Å². The van der Waals surface area contributed by atoms with Crippen LogP contribution in [0.15, 0.2) is 30.5 Å². The van der Waals surface area contributed by atoms with Crippen molar-refractivity contribution in [1.82, 2.24) is 15.2 Å². The average Bonchev–Trinajstić information content (AvgIpc) is 2.68. The Balaban J connectivity index is 1.58. The quantitative estimate of drug-likeness (QED) is 0.898. The Labute approximate surface area is 160 Å². The molecule has 2 aliphatic heterocycles. The number of benzene rings is 1. The number of nitrogens with one attached hydrogen (secondary N) is 1. The molecule has 0 unspecified atom stereocenters. The first kappa shape index (κ1) is 18.2. The Hall–Kier alpha value is -2.20. The van der Waals surface area contributed by atoms with Gasteiger partial charge in [-0.15, -0.1) is 0 Å². The standard InChI is InChI=1S/C21H27N5O/c1-15-11-23-8-9-25(15)13-18-14-26(12-16(2)27-18)20-6-5-17(10-22)21-19(20)4-3-7-24-21/h3-7,15-16,18,23H,8-9,11-14H2,1-2H3/t15-,16+,18-/m0/s1. The van der Waals surface area contributed by atoms with Crippen molar-refractivity contribution in [3.05, 3.63) is 36.0 Å². The summed E-state index contributed by atoms with van der Waals surface area (Å²) in [5, 5.41) is 13.9. The van der Waals surface area contributed by atoms with Gasteiger partial charge in [-0.3, -0.25) is 9.88 Å². The summed E-state index contributed by atoms with van der Waals surface area (Å²) in [5.74, 6) is 0. The van der Waals surface area contributed by atoms with Crippen LogP contribution in [0.3, 0.4) is 0 Å². The number of morpholine rings is 1. The third-order valence-corrected chi connectivity index (χ3v) is 5.61. The number of pyridine rings is 1. The summed E-state index contributed by atoms with van der Waals surface area (Å²) in [4.78, 5) is 9.38. The first-order valence-corrected chi connectivity index (χ1v) is 9.78. The summed E-state index contributed by atoms with van der Waals surface area (Å²) >= 11 is 0. The van der Waals surface area contributed by atoms with Gasteiger partial charge in [0.1, 0.15) is 6.07 Å². The van der Waals surface area contributed by atoms with Crippen LogP contribution in [-0.2, 0) is 4.74 Å². The number of piperazine rings is 1. The van der Waals surface area contributed by atoms with E-state index in [9.17, 15) is 5.26 Å². The van der Waals surface area contributed by atoms with Crippen LogP contribution in [0, 0.1) is 11.3 Å². The molecule has 1 aromatic heterocycles. The number of hydrogen-bond donors (Lipinski definition) is 1. The number of ether oxygens (including phenoxy) is 1. The Kier molecular flexibility index (Phi) is 5.26. The van der Waals surface area contributed by atoms with Gasteiger partial charge >= 0.3 is 0 Å². The third kappa shape index (κ3) is 3.77. The fourth-order valence-corrected chi connectivity index (χ4v) is 4.28. The molecule has 1 N–H and O–H groups in total. The highest BCUT2D eigenvalue weighted by Gasteiger charge is 2.30. The lowest BCUT2D eigenvalue weighted by molar-refractivity contribution is -0.0393. The summed E-state index contributed by atoms with van der Waals surface area (Å²) in [6.07, 6.45) is 2.10. The fourth-order valence-electron chi connectivity index (χ4n) is 4.28. The van der Waals surface area contributed by atoms with Crippen LogP contribution >= 0.6 is 0 Å². The molecule has 3 atom stereocenters. The monoisotopic (exact) mass is 365 g/mol. The Morgan fingerprint density at radius 1 is 1.30 bits per heavy atom. The van der Waals surface area contributed by atoms with Gasteiger partial charge in [0.25, 0.3) is 0 Å². The molecular weight excluding hydrogens is 338 g/mol. The van der Waals surface area contributed by atoms with Crippen molar-refractivity contribution < 1.29 is 4.74 Å². The lowest BCUT2D eigenvalue weighted by Crippen LogP contribution is -2.56. The van der Waals surface area contributed by atoms with Gasteiger partial charge in [0.2, 0.25) is 0 Å². The second kappa shape index (κ2) is 7.81. The number of fused-ring (bicyclic) bond motifs is 1. The van der Waals surface area contributed by atoms with Gasteiger partial charge in [0.15, 0.2) is 0 Å². The number of nitrogens with zero attached hydrogens (tertiary/aromatic N) is 4. The molecule has 142 valence electrons. The molecule has 0 amide bonds. The Morgan fingerprint density at radius 2 is 2.19 bits per heavy atom. The highest BCUT2D eigenvalue weighted by molar-refractivity contribution is 5.95. The summed E-state index contributed by atoms with van der Waals surface area (Å²) < 4.78 is 6.27. The second-order valence-corrected chi connectivity index (χ2v) is 7.67. The van der Waals surface area contributed by atoms with E-state index in [2.05, 4.69) is 52.2 Å². The van der Waals surface area contributed by atoms with E-state index in [1.807, 2.05) is 12.1 Å². The molecule has 6 nitrogen and oxygen atoms in total. The first-order chi connectivity index (χ1) is 13.2. The lowest BCUT2D eigenvalue weighted by atomic mass is 10.1. The van der Waals surface area contributed by atoms with Crippen LogP contribution in [0.2, 0.25) is 0 Å². The molecule has 0 aliphatic carbocycles. The molecule has 0 bridgehead atoms. The summed E-state index contributed by atoms with van der Waals surface area (Å²) in [6, 6.07) is 10.7. The van der Waals surface area contributed by atoms with Crippen LogP contribution in [-0.4, -0.2) is 67.4 Å². The van der Waals surface area contributed by atoms with E-state index in [4.69, 9.17) is 4.74 Å². The highest BCUT2D eigenvalue weighted by Crippen LogP contribution is 2.30. The fraction of sp³-hybridized carbons (Fsp3) is 0.524. The molecule has 0 radical (unpaired) electrons. The minimum Gasteiger partial charge on any atom is -0.370 e. The molecule has 27 heavy (non-hydrogen) atoms. The SMILES string of the molecule is C[C@@H]1CN(c2ccc(C#N)c3ncccc23)C[C@H](CN2CCNC[C@@H]2C)O1. The van der Waals surface area contributed by atoms with Crippen LogP contribution in [0.1, 0.15) is 19.4 Å². The van der Waals surface area contributed by atoms with Gasteiger partial charge in [-0.25, -0.2) is 0 Å². The van der Waals surface area contributed by atoms with Crippen molar-refractivity contribution in [3.63, 3.8) is 0 Å². The number of hydrogen-bond acceptors (Lipinski definition) is 6. The maximum atomic E-state index is 9.39. The predicted octanol–water partition coefficient (Wildman–Crippen LogP) is 1.99. The molecule has 1 aromatic carbocycles. The van der Waals surface area contributed by atoms with E-state index in [0.29, 0.717) is 11.6 Å². The van der Waals surface area contributed by atoms with Gasteiger partial charge < -0.3 is 15.0 Å². The minimum absolute atomic E-state index is 0.171. The van der Waals surface area contributed by atoms with E-state index in [-0.39, 0.29) is 12.2 Å². The highest BCUT2D eigenvalue weighted by atomic mass is 16.5. The molecule has 3 heterocycles. The predicted molar refractivity (Wildman–Crippen MR) is 107 cm³/mol. The van der Waals surface area contributed by atoms with Crippen molar-refractivity contribution >= 4 is 16.6 Å². The topological polar surface area (TPSA) is 64.4 Å². The zero-order chi connectivity index (χ0) is 18.8. The molecule has 2 aromatic rings. The summed E-state index contributed by atoms with van der Waals surface area (Å²) in [5.41, 5.74) is 2.55. The second-order valence-electron chi connectivity index (χ2n) is 7.67. The van der Waals surface area contributed by atoms with Crippen LogP contribution < -0.4 is 10.2 Å². The molecular formula is C21H27N5O. The van der Waals surface area contributed by atoms with Crippen molar-refractivity contribution in [3.8, 4) is 6.07 Å². The van der Waals surface area contributed by atoms with Crippen LogP contribution in [0.5, 0.6) is 0 Å². The van der Waals surface area contributed by atoms with Crippen LogP contribution in [0.25, 0.3) is 10.9 Å². The number of anilines is 1. The maximum Gasteiger partial charge on any atom is 0.101 e. The van der Waals surface area contributed by atoms with E-state index in [1.54, 1.807) is 6.20 Å². The van der Waals surface area contributed by atoms with Gasteiger partial charge in [-0.05, 0) is 38.1 Å². The molecule has 4 rings (SSSR count). The lowest BCUT2D eigenvalue weighted by Gasteiger charge is -2.42. The molecule has 2 aliphatic rings. The maximum absolute atomic E-state index is 9.39. The van der Waals surface area contributed by atoms with E-state index >= 15 is 0 Å². The smallest absolute Gasteiger partial charge is 0.101 e. The molecule has 0 saturated carbocycles. The number of rotatable bonds is 3. The number of aromatic nitrogens is 1. The molecule has 6 heteroatoms.